The minimum absolute atomic E-state index is 0.256. The molecule has 0 unspecified atom stereocenters. The molecular weight excluding hydrogens is 304 g/mol. The standard InChI is InChI=1S/C11H13BrN2O2S/c1-3-16-9-5-4-7(6-8(9)12)10(15)14-11(17)13-2/h4-6H,3H2,1-2H3,(H2,13,14,15,17). The number of hydrogen-bond donors (Lipinski definition) is 2. The molecule has 0 fully saturated rings. The number of rotatable bonds is 3. The second-order valence-electron chi connectivity index (χ2n) is 3.11. The third-order valence-electron chi connectivity index (χ3n) is 1.95. The van der Waals surface area contributed by atoms with Crippen LogP contribution in [0.2, 0.25) is 0 Å². The van der Waals surface area contributed by atoms with Crippen molar-refractivity contribution in [3.8, 4) is 5.75 Å². The van der Waals surface area contributed by atoms with Crippen LogP contribution in [0.15, 0.2) is 22.7 Å². The monoisotopic (exact) mass is 316 g/mol. The number of amides is 1. The predicted molar refractivity (Wildman–Crippen MR) is 74.4 cm³/mol. The maximum absolute atomic E-state index is 11.7. The fourth-order valence-electron chi connectivity index (χ4n) is 1.15. The molecule has 0 saturated heterocycles. The van der Waals surface area contributed by atoms with Gasteiger partial charge in [0, 0.05) is 12.6 Å². The largest absolute Gasteiger partial charge is 0.493 e. The van der Waals surface area contributed by atoms with Gasteiger partial charge < -0.3 is 10.1 Å². The third kappa shape index (κ3) is 3.98. The van der Waals surface area contributed by atoms with Crippen molar-refractivity contribution in [2.24, 2.45) is 0 Å². The molecule has 0 atom stereocenters. The van der Waals surface area contributed by atoms with Gasteiger partial charge in [0.05, 0.1) is 11.1 Å². The zero-order valence-electron chi connectivity index (χ0n) is 9.54. The first-order valence-electron chi connectivity index (χ1n) is 5.04. The fourth-order valence-corrected chi connectivity index (χ4v) is 1.74. The lowest BCUT2D eigenvalue weighted by atomic mass is 10.2. The molecule has 0 aliphatic carbocycles. The van der Waals surface area contributed by atoms with Gasteiger partial charge in [-0.05, 0) is 53.3 Å². The Bertz CT molecular complexity index is 437. The number of hydrogen-bond acceptors (Lipinski definition) is 3. The summed E-state index contributed by atoms with van der Waals surface area (Å²) in [4.78, 5) is 11.7. The van der Waals surface area contributed by atoms with E-state index in [9.17, 15) is 4.79 Å². The van der Waals surface area contributed by atoms with Gasteiger partial charge in [-0.2, -0.15) is 0 Å². The van der Waals surface area contributed by atoms with E-state index in [1.54, 1.807) is 25.2 Å². The van der Waals surface area contributed by atoms with Gasteiger partial charge in [0.15, 0.2) is 5.11 Å². The number of thiocarbonyl (C=S) groups is 1. The number of benzene rings is 1. The summed E-state index contributed by atoms with van der Waals surface area (Å²) in [5.41, 5.74) is 0.512. The highest BCUT2D eigenvalue weighted by Gasteiger charge is 2.09. The van der Waals surface area contributed by atoms with E-state index in [1.165, 1.54) is 0 Å². The van der Waals surface area contributed by atoms with Crippen molar-refractivity contribution in [3.05, 3.63) is 28.2 Å². The van der Waals surface area contributed by atoms with E-state index in [0.29, 0.717) is 23.0 Å². The molecule has 6 heteroatoms. The smallest absolute Gasteiger partial charge is 0.257 e. The van der Waals surface area contributed by atoms with Crippen LogP contribution in [-0.4, -0.2) is 24.7 Å². The van der Waals surface area contributed by atoms with Crippen LogP contribution in [0.25, 0.3) is 0 Å². The topological polar surface area (TPSA) is 50.4 Å². The molecule has 0 aromatic heterocycles. The van der Waals surface area contributed by atoms with Gasteiger partial charge in [-0.15, -0.1) is 0 Å². The molecule has 0 spiro atoms. The number of halogens is 1. The van der Waals surface area contributed by atoms with Gasteiger partial charge in [-0.1, -0.05) is 0 Å². The van der Waals surface area contributed by atoms with E-state index < -0.39 is 0 Å². The summed E-state index contributed by atoms with van der Waals surface area (Å²) in [7, 11) is 1.65. The normalized spacial score (nSPS) is 9.59. The second kappa shape index (κ2) is 6.56. The first kappa shape index (κ1) is 13.9. The molecule has 1 aromatic rings. The molecule has 17 heavy (non-hydrogen) atoms. The molecular formula is C11H13BrN2O2S. The van der Waals surface area contributed by atoms with Crippen LogP contribution >= 0.6 is 28.1 Å². The minimum Gasteiger partial charge on any atom is -0.493 e. The molecule has 1 rings (SSSR count). The van der Waals surface area contributed by atoms with E-state index in [0.717, 1.165) is 4.47 Å². The van der Waals surface area contributed by atoms with Crippen LogP contribution in [0, 0.1) is 0 Å². The first-order chi connectivity index (χ1) is 8.08. The Morgan fingerprint density at radius 1 is 1.53 bits per heavy atom. The van der Waals surface area contributed by atoms with Crippen LogP contribution in [0.4, 0.5) is 0 Å². The maximum atomic E-state index is 11.7. The van der Waals surface area contributed by atoms with Gasteiger partial charge >= 0.3 is 0 Å². The van der Waals surface area contributed by atoms with E-state index in [2.05, 4.69) is 26.6 Å². The molecule has 1 aromatic carbocycles. The van der Waals surface area contributed by atoms with Crippen molar-refractivity contribution in [3.63, 3.8) is 0 Å². The van der Waals surface area contributed by atoms with Crippen LogP contribution < -0.4 is 15.4 Å². The Kier molecular flexibility index (Phi) is 5.37. The summed E-state index contributed by atoms with van der Waals surface area (Å²) in [5, 5.41) is 5.51. The molecule has 2 N–H and O–H groups in total. The van der Waals surface area contributed by atoms with Gasteiger partial charge in [-0.25, -0.2) is 0 Å². The van der Waals surface area contributed by atoms with Gasteiger partial charge in [-0.3, -0.25) is 10.1 Å². The zero-order chi connectivity index (χ0) is 12.8. The summed E-state index contributed by atoms with van der Waals surface area (Å²) >= 11 is 8.20. The van der Waals surface area contributed by atoms with E-state index in [4.69, 9.17) is 17.0 Å². The number of nitrogens with one attached hydrogen (secondary N) is 2. The van der Waals surface area contributed by atoms with E-state index >= 15 is 0 Å². The number of ether oxygens (including phenoxy) is 1. The maximum Gasteiger partial charge on any atom is 0.257 e. The SMILES string of the molecule is CCOc1ccc(C(=O)NC(=S)NC)cc1Br. The zero-order valence-corrected chi connectivity index (χ0v) is 11.9. The molecule has 4 nitrogen and oxygen atoms in total. The van der Waals surface area contributed by atoms with Crippen molar-refractivity contribution in [2.45, 2.75) is 6.92 Å². The highest BCUT2D eigenvalue weighted by molar-refractivity contribution is 9.10. The third-order valence-corrected chi connectivity index (χ3v) is 2.87. The van der Waals surface area contributed by atoms with Crippen molar-refractivity contribution in [1.29, 1.82) is 0 Å². The summed E-state index contributed by atoms with van der Waals surface area (Å²) < 4.78 is 6.10. The lowest BCUT2D eigenvalue weighted by molar-refractivity contribution is 0.0976. The fraction of sp³-hybridized carbons (Fsp3) is 0.273. The molecule has 0 saturated carbocycles. The predicted octanol–water partition coefficient (Wildman–Crippen LogP) is 2.08. The summed E-state index contributed by atoms with van der Waals surface area (Å²) in [6.07, 6.45) is 0. The Morgan fingerprint density at radius 2 is 2.24 bits per heavy atom. The van der Waals surface area contributed by atoms with Crippen LogP contribution in [-0.2, 0) is 0 Å². The summed E-state index contributed by atoms with van der Waals surface area (Å²) in [6, 6.07) is 5.12. The second-order valence-corrected chi connectivity index (χ2v) is 4.37. The number of carbonyl (C=O) groups excluding carboxylic acids is 1. The van der Waals surface area contributed by atoms with Crippen molar-refractivity contribution in [2.75, 3.05) is 13.7 Å². The summed E-state index contributed by atoms with van der Waals surface area (Å²) in [6.45, 7) is 2.48. The number of carbonyl (C=O) groups is 1. The Balaban J connectivity index is 2.82. The van der Waals surface area contributed by atoms with E-state index in [1.807, 2.05) is 6.92 Å². The lowest BCUT2D eigenvalue weighted by Gasteiger charge is -2.09. The minimum atomic E-state index is -0.256. The Hall–Kier alpha value is -1.14. The Labute approximate surface area is 114 Å². The van der Waals surface area contributed by atoms with Crippen LogP contribution in [0.5, 0.6) is 5.75 Å². The van der Waals surface area contributed by atoms with Crippen molar-refractivity contribution >= 4 is 39.2 Å². The first-order valence-corrected chi connectivity index (χ1v) is 6.24. The van der Waals surface area contributed by atoms with Gasteiger partial charge in [0.25, 0.3) is 5.91 Å². The van der Waals surface area contributed by atoms with E-state index in [-0.39, 0.29) is 5.91 Å². The molecule has 0 radical (unpaired) electrons. The Morgan fingerprint density at radius 3 is 2.76 bits per heavy atom. The highest BCUT2D eigenvalue weighted by atomic mass is 79.9. The molecule has 0 aliphatic heterocycles. The molecule has 0 bridgehead atoms. The average molecular weight is 317 g/mol. The van der Waals surface area contributed by atoms with Crippen LogP contribution in [0.1, 0.15) is 17.3 Å². The summed E-state index contributed by atoms with van der Waals surface area (Å²) in [5.74, 6) is 0.452. The van der Waals surface area contributed by atoms with Crippen molar-refractivity contribution < 1.29 is 9.53 Å². The molecule has 0 aliphatic rings. The van der Waals surface area contributed by atoms with Gasteiger partial charge in [0.1, 0.15) is 5.75 Å². The average Bonchev–Trinajstić information content (AvgIpc) is 2.31. The molecule has 0 heterocycles. The molecule has 1 amide bonds. The van der Waals surface area contributed by atoms with Gasteiger partial charge in [0.2, 0.25) is 0 Å². The molecule has 92 valence electrons. The lowest BCUT2D eigenvalue weighted by Crippen LogP contribution is -2.37. The quantitative estimate of drug-likeness (QED) is 0.838. The van der Waals surface area contributed by atoms with Crippen molar-refractivity contribution in [1.82, 2.24) is 10.6 Å². The van der Waals surface area contributed by atoms with Crippen LogP contribution in [0.3, 0.4) is 0 Å². The highest BCUT2D eigenvalue weighted by Crippen LogP contribution is 2.25.